The van der Waals surface area contributed by atoms with Crippen molar-refractivity contribution in [2.45, 2.75) is 30.2 Å². The molecule has 0 bridgehead atoms. The Morgan fingerprint density at radius 3 is 2.30 bits per heavy atom. The third-order valence-electron chi connectivity index (χ3n) is 3.42. The Bertz CT molecular complexity index is 477. The van der Waals surface area contributed by atoms with Crippen LogP contribution in [-0.4, -0.2) is 68.1 Å². The van der Waals surface area contributed by atoms with Crippen molar-refractivity contribution >= 4 is 5.78 Å². The fourth-order valence-corrected chi connectivity index (χ4v) is 2.24. The molecule has 1 heterocycles. The first kappa shape index (κ1) is 15.0. The Morgan fingerprint density at radius 2 is 1.75 bits per heavy atom. The van der Waals surface area contributed by atoms with E-state index < -0.39 is 42.6 Å². The van der Waals surface area contributed by atoms with E-state index in [1.807, 2.05) is 0 Å². The summed E-state index contributed by atoms with van der Waals surface area (Å²) in [7, 11) is 0. The summed E-state index contributed by atoms with van der Waals surface area (Å²) in [4.78, 5) is 12.3. The van der Waals surface area contributed by atoms with E-state index in [0.717, 1.165) is 0 Å². The average Bonchev–Trinajstić information content (AvgIpc) is 2.49. The van der Waals surface area contributed by atoms with Crippen LogP contribution in [0.1, 0.15) is 10.4 Å². The molecular weight excluding hydrogens is 268 g/mol. The SMILES string of the molecule is O=C(c1ccccc1)[C@]1(O)[C@H](O)[C@@H](CO)O[C@H](O)[C@@H]1O. The highest BCUT2D eigenvalue weighted by molar-refractivity contribution is 6.03. The molecule has 1 aliphatic rings. The van der Waals surface area contributed by atoms with Crippen LogP contribution in [0.15, 0.2) is 30.3 Å². The molecule has 5 atom stereocenters. The summed E-state index contributed by atoms with van der Waals surface area (Å²) < 4.78 is 4.73. The monoisotopic (exact) mass is 284 g/mol. The topological polar surface area (TPSA) is 127 Å². The van der Waals surface area contributed by atoms with Gasteiger partial charge in [0, 0.05) is 5.56 Å². The van der Waals surface area contributed by atoms with Gasteiger partial charge in [0.2, 0.25) is 0 Å². The van der Waals surface area contributed by atoms with Crippen LogP contribution in [0.5, 0.6) is 0 Å². The van der Waals surface area contributed by atoms with Gasteiger partial charge in [0.05, 0.1) is 6.61 Å². The molecule has 0 aromatic heterocycles. The van der Waals surface area contributed by atoms with Crippen LogP contribution in [0.25, 0.3) is 0 Å². The van der Waals surface area contributed by atoms with E-state index in [1.54, 1.807) is 18.2 Å². The molecule has 0 unspecified atom stereocenters. The van der Waals surface area contributed by atoms with Crippen LogP contribution >= 0.6 is 0 Å². The van der Waals surface area contributed by atoms with Gasteiger partial charge in [-0.15, -0.1) is 0 Å². The minimum absolute atomic E-state index is 0.0545. The zero-order valence-corrected chi connectivity index (χ0v) is 10.5. The van der Waals surface area contributed by atoms with Gasteiger partial charge in [0.25, 0.3) is 0 Å². The summed E-state index contributed by atoms with van der Waals surface area (Å²) in [6.45, 7) is -0.727. The maximum absolute atomic E-state index is 12.3. The quantitative estimate of drug-likeness (QED) is 0.407. The third-order valence-corrected chi connectivity index (χ3v) is 3.42. The molecule has 110 valence electrons. The van der Waals surface area contributed by atoms with Gasteiger partial charge in [-0.05, 0) is 0 Å². The maximum Gasteiger partial charge on any atom is 0.200 e. The minimum Gasteiger partial charge on any atom is -0.394 e. The number of rotatable bonds is 3. The Kier molecular flexibility index (Phi) is 4.19. The van der Waals surface area contributed by atoms with E-state index in [1.165, 1.54) is 12.1 Å². The smallest absolute Gasteiger partial charge is 0.200 e. The number of aliphatic hydroxyl groups is 5. The van der Waals surface area contributed by atoms with Crippen LogP contribution in [0, 0.1) is 0 Å². The fraction of sp³-hybridized carbons (Fsp3) is 0.462. The summed E-state index contributed by atoms with van der Waals surface area (Å²) in [5.41, 5.74) is -2.61. The second-order valence-corrected chi connectivity index (χ2v) is 4.66. The molecule has 1 aliphatic heterocycles. The Morgan fingerprint density at radius 1 is 1.15 bits per heavy atom. The van der Waals surface area contributed by atoms with Crippen molar-refractivity contribution in [3.05, 3.63) is 35.9 Å². The molecule has 7 nitrogen and oxygen atoms in total. The van der Waals surface area contributed by atoms with Crippen LogP contribution in [0.2, 0.25) is 0 Å². The zero-order valence-electron chi connectivity index (χ0n) is 10.5. The molecular formula is C13H16O7. The van der Waals surface area contributed by atoms with Crippen LogP contribution in [-0.2, 0) is 4.74 Å². The van der Waals surface area contributed by atoms with Crippen LogP contribution in [0.4, 0.5) is 0 Å². The molecule has 1 aromatic rings. The van der Waals surface area contributed by atoms with Crippen molar-refractivity contribution in [1.29, 1.82) is 0 Å². The molecule has 0 spiro atoms. The van der Waals surface area contributed by atoms with Gasteiger partial charge in [-0.3, -0.25) is 4.79 Å². The first-order chi connectivity index (χ1) is 9.42. The average molecular weight is 284 g/mol. The lowest BCUT2D eigenvalue weighted by Gasteiger charge is -2.45. The van der Waals surface area contributed by atoms with Crippen molar-refractivity contribution in [2.24, 2.45) is 0 Å². The van der Waals surface area contributed by atoms with Crippen molar-refractivity contribution in [2.75, 3.05) is 6.61 Å². The van der Waals surface area contributed by atoms with Crippen molar-refractivity contribution in [3.8, 4) is 0 Å². The number of benzene rings is 1. The van der Waals surface area contributed by atoms with E-state index in [4.69, 9.17) is 9.84 Å². The van der Waals surface area contributed by atoms with Gasteiger partial charge in [0.1, 0.15) is 18.3 Å². The molecule has 0 aliphatic carbocycles. The van der Waals surface area contributed by atoms with Gasteiger partial charge in [-0.25, -0.2) is 0 Å². The van der Waals surface area contributed by atoms with Gasteiger partial charge in [-0.1, -0.05) is 30.3 Å². The van der Waals surface area contributed by atoms with Crippen molar-refractivity contribution in [1.82, 2.24) is 0 Å². The molecule has 7 heteroatoms. The molecule has 0 amide bonds. The fourth-order valence-electron chi connectivity index (χ4n) is 2.24. The second kappa shape index (κ2) is 5.57. The molecule has 5 N–H and O–H groups in total. The van der Waals surface area contributed by atoms with Crippen molar-refractivity contribution in [3.63, 3.8) is 0 Å². The number of hydrogen-bond acceptors (Lipinski definition) is 7. The molecule has 1 saturated heterocycles. The number of aliphatic hydroxyl groups excluding tert-OH is 4. The summed E-state index contributed by atoms with van der Waals surface area (Å²) in [6, 6.07) is 7.55. The van der Waals surface area contributed by atoms with Crippen LogP contribution < -0.4 is 0 Å². The number of ether oxygens (including phenoxy) is 1. The maximum atomic E-state index is 12.3. The van der Waals surface area contributed by atoms with E-state index >= 15 is 0 Å². The summed E-state index contributed by atoms with van der Waals surface area (Å²) in [6.07, 6.45) is -7.19. The molecule has 20 heavy (non-hydrogen) atoms. The predicted octanol–water partition coefficient (Wildman–Crippen LogP) is -1.97. The number of ketones is 1. The van der Waals surface area contributed by atoms with Crippen LogP contribution in [0.3, 0.4) is 0 Å². The largest absolute Gasteiger partial charge is 0.394 e. The first-order valence-corrected chi connectivity index (χ1v) is 6.05. The predicted molar refractivity (Wildman–Crippen MR) is 65.7 cm³/mol. The van der Waals surface area contributed by atoms with E-state index in [-0.39, 0.29) is 5.56 Å². The highest BCUT2D eigenvalue weighted by Gasteiger charge is 2.59. The summed E-state index contributed by atoms with van der Waals surface area (Å²) in [5, 5.41) is 48.8. The van der Waals surface area contributed by atoms with Gasteiger partial charge in [0.15, 0.2) is 17.7 Å². The Hall–Kier alpha value is -1.35. The van der Waals surface area contributed by atoms with Gasteiger partial charge < -0.3 is 30.3 Å². The molecule has 1 fully saturated rings. The van der Waals surface area contributed by atoms with Gasteiger partial charge >= 0.3 is 0 Å². The van der Waals surface area contributed by atoms with E-state index in [0.29, 0.717) is 0 Å². The molecule has 1 aromatic carbocycles. The van der Waals surface area contributed by atoms with Crippen molar-refractivity contribution < 1.29 is 35.1 Å². The number of carbonyl (C=O) groups excluding carboxylic acids is 1. The lowest BCUT2D eigenvalue weighted by Crippen LogP contribution is -2.70. The molecule has 0 radical (unpaired) electrons. The van der Waals surface area contributed by atoms with Gasteiger partial charge in [-0.2, -0.15) is 0 Å². The number of carbonyl (C=O) groups is 1. The lowest BCUT2D eigenvalue weighted by molar-refractivity contribution is -0.306. The van der Waals surface area contributed by atoms with E-state index in [2.05, 4.69) is 0 Å². The first-order valence-electron chi connectivity index (χ1n) is 6.05. The number of hydrogen-bond donors (Lipinski definition) is 5. The second-order valence-electron chi connectivity index (χ2n) is 4.66. The zero-order chi connectivity index (χ0) is 14.9. The standard InChI is InChI=1S/C13H16O7/c14-6-8-10(16)13(19,11(17)12(18)20-8)9(15)7-4-2-1-3-5-7/h1-5,8,10-12,14,16-19H,6H2/t8-,10-,11+,12+,13+/m1/s1. The third kappa shape index (κ3) is 2.24. The summed E-state index contributed by atoms with van der Waals surface area (Å²) >= 11 is 0. The Labute approximate surface area is 114 Å². The minimum atomic E-state index is -2.66. The summed E-state index contributed by atoms with van der Waals surface area (Å²) in [5.74, 6) is -0.959. The lowest BCUT2D eigenvalue weighted by atomic mass is 9.78. The highest BCUT2D eigenvalue weighted by atomic mass is 16.6. The highest BCUT2D eigenvalue weighted by Crippen LogP contribution is 2.32. The number of Topliss-reactive ketones (excluding diaryl/α,β-unsaturated/α-hetero) is 1. The molecule has 2 rings (SSSR count). The normalized spacial score (nSPS) is 37.6. The Balaban J connectivity index is 2.41. The molecule has 0 saturated carbocycles. The van der Waals surface area contributed by atoms with E-state index in [9.17, 15) is 25.2 Å².